The van der Waals surface area contributed by atoms with Crippen molar-refractivity contribution < 1.29 is 19.4 Å². The van der Waals surface area contributed by atoms with Gasteiger partial charge in [-0.15, -0.1) is 0 Å². The number of hydrogen-bond acceptors (Lipinski definition) is 3. The molecule has 1 N–H and O–H groups in total. The molecule has 1 rings (SSSR count). The van der Waals surface area contributed by atoms with Crippen molar-refractivity contribution >= 4 is 23.5 Å². The average Bonchev–Trinajstić information content (AvgIpc) is 2.38. The van der Waals surface area contributed by atoms with Crippen LogP contribution < -0.4 is 4.74 Å². The van der Waals surface area contributed by atoms with E-state index in [1.165, 1.54) is 4.90 Å². The topological polar surface area (TPSA) is 66.8 Å². The fourth-order valence-corrected chi connectivity index (χ4v) is 1.99. The summed E-state index contributed by atoms with van der Waals surface area (Å²) in [6.45, 7) is 5.50. The first kappa shape index (κ1) is 17.3. The van der Waals surface area contributed by atoms with Gasteiger partial charge >= 0.3 is 5.97 Å². The molecule has 21 heavy (non-hydrogen) atoms. The molecule has 1 aromatic rings. The molecule has 1 aromatic carbocycles. The molecule has 0 aliphatic carbocycles. The maximum atomic E-state index is 12.3. The summed E-state index contributed by atoms with van der Waals surface area (Å²) in [4.78, 5) is 24.5. The third-order valence-electron chi connectivity index (χ3n) is 2.70. The minimum Gasteiger partial charge on any atom is -0.481 e. The van der Waals surface area contributed by atoms with E-state index in [2.05, 4.69) is 0 Å². The Morgan fingerprint density at radius 3 is 2.29 bits per heavy atom. The van der Waals surface area contributed by atoms with E-state index >= 15 is 0 Å². The van der Waals surface area contributed by atoms with Crippen LogP contribution in [-0.4, -0.2) is 41.1 Å². The lowest BCUT2D eigenvalue weighted by atomic mass is 10.2. The van der Waals surface area contributed by atoms with Gasteiger partial charge in [0.25, 0.3) is 5.91 Å². The number of nitrogens with zero attached hydrogens (tertiary/aromatic N) is 1. The second-order valence-electron chi connectivity index (χ2n) is 5.22. The van der Waals surface area contributed by atoms with Gasteiger partial charge in [0, 0.05) is 11.6 Å². The number of hydrogen-bond donors (Lipinski definition) is 1. The summed E-state index contributed by atoms with van der Waals surface area (Å²) >= 11 is 5.78. The van der Waals surface area contributed by atoms with Gasteiger partial charge in [-0.25, -0.2) is 0 Å². The van der Waals surface area contributed by atoms with E-state index in [9.17, 15) is 9.59 Å². The molecular formula is C15H20ClNO4. The highest BCUT2D eigenvalue weighted by atomic mass is 35.5. The van der Waals surface area contributed by atoms with Crippen molar-refractivity contribution in [2.45, 2.75) is 26.9 Å². The summed E-state index contributed by atoms with van der Waals surface area (Å²) in [5.74, 6) is -0.695. The Morgan fingerprint density at radius 2 is 1.81 bits per heavy atom. The number of rotatable bonds is 7. The monoisotopic (exact) mass is 313 g/mol. The van der Waals surface area contributed by atoms with Gasteiger partial charge in [-0.1, -0.05) is 25.4 Å². The standard InChI is InChI=1S/C15H20ClNO4/c1-10(2)8-17(9-14(18)19)15(20)11(3)21-13-6-4-12(16)5-7-13/h4-7,10-11H,8-9H2,1-3H3,(H,18,19). The van der Waals surface area contributed by atoms with E-state index in [0.717, 1.165) is 0 Å². The van der Waals surface area contributed by atoms with Crippen LogP contribution in [0, 0.1) is 5.92 Å². The number of amides is 1. The highest BCUT2D eigenvalue weighted by Crippen LogP contribution is 2.17. The number of carbonyl (C=O) groups is 2. The number of ether oxygens (including phenoxy) is 1. The molecule has 5 nitrogen and oxygen atoms in total. The molecule has 1 unspecified atom stereocenters. The minimum absolute atomic E-state index is 0.177. The third kappa shape index (κ3) is 6.04. The summed E-state index contributed by atoms with van der Waals surface area (Å²) < 4.78 is 5.53. The Balaban J connectivity index is 2.72. The Kier molecular flexibility index (Phi) is 6.49. The zero-order valence-electron chi connectivity index (χ0n) is 12.4. The van der Waals surface area contributed by atoms with Crippen LogP contribution in [-0.2, 0) is 9.59 Å². The largest absolute Gasteiger partial charge is 0.481 e. The van der Waals surface area contributed by atoms with Crippen LogP contribution in [0.15, 0.2) is 24.3 Å². The van der Waals surface area contributed by atoms with Crippen LogP contribution >= 0.6 is 11.6 Å². The molecule has 116 valence electrons. The summed E-state index contributed by atoms with van der Waals surface area (Å²) in [6.07, 6.45) is -0.760. The van der Waals surface area contributed by atoms with Crippen molar-refractivity contribution in [2.75, 3.05) is 13.1 Å². The normalized spacial score (nSPS) is 12.0. The first-order chi connectivity index (χ1) is 9.79. The molecule has 0 spiro atoms. The maximum Gasteiger partial charge on any atom is 0.323 e. The second-order valence-corrected chi connectivity index (χ2v) is 5.66. The van der Waals surface area contributed by atoms with E-state index in [1.54, 1.807) is 31.2 Å². The van der Waals surface area contributed by atoms with Crippen LogP contribution in [0.5, 0.6) is 5.75 Å². The number of carboxylic acids is 1. The van der Waals surface area contributed by atoms with E-state index < -0.39 is 12.1 Å². The number of halogens is 1. The quantitative estimate of drug-likeness (QED) is 0.840. The molecule has 0 heterocycles. The molecule has 0 radical (unpaired) electrons. The number of aliphatic carboxylic acids is 1. The smallest absolute Gasteiger partial charge is 0.323 e. The van der Waals surface area contributed by atoms with Crippen LogP contribution in [0.3, 0.4) is 0 Å². The van der Waals surface area contributed by atoms with Gasteiger partial charge < -0.3 is 14.7 Å². The van der Waals surface area contributed by atoms with Crippen molar-refractivity contribution in [3.8, 4) is 5.75 Å². The molecule has 1 atom stereocenters. The zero-order valence-corrected chi connectivity index (χ0v) is 13.1. The van der Waals surface area contributed by atoms with Crippen molar-refractivity contribution in [3.63, 3.8) is 0 Å². The highest BCUT2D eigenvalue weighted by molar-refractivity contribution is 6.30. The molecular weight excluding hydrogens is 294 g/mol. The SMILES string of the molecule is CC(C)CN(CC(=O)O)C(=O)C(C)Oc1ccc(Cl)cc1. The number of benzene rings is 1. The second kappa shape index (κ2) is 7.88. The van der Waals surface area contributed by atoms with Crippen molar-refractivity contribution in [1.82, 2.24) is 4.90 Å². The van der Waals surface area contributed by atoms with Crippen molar-refractivity contribution in [3.05, 3.63) is 29.3 Å². The van der Waals surface area contributed by atoms with Crippen molar-refractivity contribution in [2.24, 2.45) is 5.92 Å². The predicted molar refractivity (Wildman–Crippen MR) is 80.6 cm³/mol. The van der Waals surface area contributed by atoms with Crippen molar-refractivity contribution in [1.29, 1.82) is 0 Å². The molecule has 0 fully saturated rings. The van der Waals surface area contributed by atoms with Gasteiger partial charge in [0.2, 0.25) is 0 Å². The fourth-order valence-electron chi connectivity index (χ4n) is 1.86. The third-order valence-corrected chi connectivity index (χ3v) is 2.95. The Labute approximate surface area is 129 Å². The molecule has 1 amide bonds. The lowest BCUT2D eigenvalue weighted by Crippen LogP contribution is -2.44. The lowest BCUT2D eigenvalue weighted by molar-refractivity contribution is -0.147. The minimum atomic E-state index is -1.04. The fraction of sp³-hybridized carbons (Fsp3) is 0.467. The zero-order chi connectivity index (χ0) is 16.0. The lowest BCUT2D eigenvalue weighted by Gasteiger charge is -2.26. The summed E-state index contributed by atoms with van der Waals surface area (Å²) in [5.41, 5.74) is 0. The predicted octanol–water partition coefficient (Wildman–Crippen LogP) is 2.68. The summed E-state index contributed by atoms with van der Waals surface area (Å²) in [7, 11) is 0. The molecule has 6 heteroatoms. The van der Waals surface area contributed by atoms with Gasteiger partial charge in [-0.05, 0) is 37.1 Å². The number of carbonyl (C=O) groups excluding carboxylic acids is 1. The molecule has 0 aliphatic rings. The van der Waals surface area contributed by atoms with Crippen LogP contribution in [0.4, 0.5) is 0 Å². The van der Waals surface area contributed by atoms with E-state index in [0.29, 0.717) is 17.3 Å². The first-order valence-corrected chi connectivity index (χ1v) is 7.10. The average molecular weight is 314 g/mol. The van der Waals surface area contributed by atoms with Crippen LogP contribution in [0.25, 0.3) is 0 Å². The van der Waals surface area contributed by atoms with E-state index in [-0.39, 0.29) is 18.4 Å². The van der Waals surface area contributed by atoms with Gasteiger partial charge in [0.05, 0.1) is 0 Å². The van der Waals surface area contributed by atoms with E-state index in [4.69, 9.17) is 21.4 Å². The highest BCUT2D eigenvalue weighted by Gasteiger charge is 2.24. The molecule has 0 aromatic heterocycles. The van der Waals surface area contributed by atoms with Crippen LogP contribution in [0.1, 0.15) is 20.8 Å². The Hall–Kier alpha value is -1.75. The van der Waals surface area contributed by atoms with Gasteiger partial charge in [0.1, 0.15) is 12.3 Å². The summed E-state index contributed by atoms with van der Waals surface area (Å²) in [6, 6.07) is 6.65. The van der Waals surface area contributed by atoms with Gasteiger partial charge in [-0.3, -0.25) is 9.59 Å². The maximum absolute atomic E-state index is 12.3. The Morgan fingerprint density at radius 1 is 1.24 bits per heavy atom. The molecule has 0 saturated heterocycles. The van der Waals surface area contributed by atoms with Gasteiger partial charge in [0.15, 0.2) is 6.10 Å². The summed E-state index contributed by atoms with van der Waals surface area (Å²) in [5, 5.41) is 9.48. The van der Waals surface area contributed by atoms with Gasteiger partial charge in [-0.2, -0.15) is 0 Å². The van der Waals surface area contributed by atoms with Crippen LogP contribution in [0.2, 0.25) is 5.02 Å². The molecule has 0 aliphatic heterocycles. The molecule has 0 bridgehead atoms. The Bertz CT molecular complexity index is 487. The van der Waals surface area contributed by atoms with E-state index in [1.807, 2.05) is 13.8 Å². The molecule has 0 saturated carbocycles. The first-order valence-electron chi connectivity index (χ1n) is 6.72. The number of carboxylic acid groups (broad SMARTS) is 1.